The van der Waals surface area contributed by atoms with Gasteiger partial charge in [-0.2, -0.15) is 4.57 Å². The van der Waals surface area contributed by atoms with Gasteiger partial charge in [-0.25, -0.2) is 4.52 Å². The zero-order valence-electron chi connectivity index (χ0n) is 24.9. The Hall–Kier alpha value is -2.47. The van der Waals surface area contributed by atoms with Gasteiger partial charge in [0.2, 0.25) is 5.51 Å². The number of nitrogens with zero attached hydrogens (tertiary/aromatic N) is 1. The molecule has 1 atom stereocenters. The second-order valence-electron chi connectivity index (χ2n) is 10.6. The molecule has 0 N–H and O–H groups in total. The molecule has 0 spiro atoms. The molecule has 0 aliphatic carbocycles. The molecule has 2 aromatic carbocycles. The Bertz CT molecular complexity index is 1120. The summed E-state index contributed by atoms with van der Waals surface area (Å²) >= 11 is 1.63. The van der Waals surface area contributed by atoms with E-state index >= 15 is 0 Å². The Kier molecular flexibility index (Phi) is 16.4. The summed E-state index contributed by atoms with van der Waals surface area (Å²) in [5, 5.41) is 2.02. The highest BCUT2D eigenvalue weighted by molar-refractivity contribution is 7.33. The molecule has 41 heavy (non-hydrogen) atoms. The molecule has 0 saturated heterocycles. The Labute approximate surface area is 251 Å². The summed E-state index contributed by atoms with van der Waals surface area (Å²) < 4.78 is 31.0. The number of hydrogen-bond acceptors (Lipinski definition) is 6. The molecule has 1 aromatic heterocycles. The normalized spacial score (nSPS) is 11.4. The van der Waals surface area contributed by atoms with Crippen molar-refractivity contribution in [3.8, 4) is 17.2 Å². The van der Waals surface area contributed by atoms with Crippen LogP contribution < -0.4 is 18.7 Å². The number of hydrogen-bond donors (Lipinski definition) is 0. The number of ether oxygens (including phenoxy) is 1. The van der Waals surface area contributed by atoms with E-state index in [2.05, 4.69) is 11.5 Å². The highest BCUT2D eigenvalue weighted by Crippen LogP contribution is 2.33. The number of thiazole rings is 1. The smallest absolute Gasteiger partial charge is 0.493 e. The first-order chi connectivity index (χ1) is 20.2. The minimum absolute atomic E-state index is 0.456. The van der Waals surface area contributed by atoms with Gasteiger partial charge in [0.1, 0.15) is 10.4 Å². The SMILES string of the molecule is CCCCCCCCCCCCCCCCOc1cccc(OO[P+](=O)Oc2cccc(C[n+]3ccsc3)c2)c1C. The van der Waals surface area contributed by atoms with Crippen LogP contribution in [0.1, 0.15) is 108 Å². The van der Waals surface area contributed by atoms with Crippen LogP contribution in [0, 0.1) is 6.92 Å². The summed E-state index contributed by atoms with van der Waals surface area (Å²) in [5.74, 6) is 1.67. The van der Waals surface area contributed by atoms with E-state index in [1.54, 1.807) is 23.5 Å². The third-order valence-corrected chi connectivity index (χ3v) is 8.38. The van der Waals surface area contributed by atoms with Crippen molar-refractivity contribution in [2.75, 3.05) is 6.61 Å². The molecule has 0 radical (unpaired) electrons. The summed E-state index contributed by atoms with van der Waals surface area (Å²) in [4.78, 5) is 5.36. The summed E-state index contributed by atoms with van der Waals surface area (Å²) in [6.07, 6.45) is 20.7. The molecule has 0 bridgehead atoms. The van der Waals surface area contributed by atoms with Crippen LogP contribution >= 0.6 is 19.6 Å². The maximum Gasteiger partial charge on any atom is 0.791 e. The van der Waals surface area contributed by atoms with Gasteiger partial charge >= 0.3 is 8.25 Å². The Morgan fingerprint density at radius 3 is 2.10 bits per heavy atom. The van der Waals surface area contributed by atoms with E-state index in [9.17, 15) is 4.57 Å². The fourth-order valence-corrected chi connectivity index (χ4v) is 5.81. The van der Waals surface area contributed by atoms with E-state index in [0.717, 1.165) is 23.3 Å². The first kappa shape index (κ1) is 33.0. The van der Waals surface area contributed by atoms with Crippen molar-refractivity contribution < 1.29 is 28.0 Å². The van der Waals surface area contributed by atoms with E-state index in [-0.39, 0.29) is 0 Å². The van der Waals surface area contributed by atoms with Gasteiger partial charge in [-0.3, -0.25) is 4.89 Å². The highest BCUT2D eigenvalue weighted by atomic mass is 32.1. The maximum absolute atomic E-state index is 12.4. The molecular formula is C33H48NO5PS+2. The predicted molar refractivity (Wildman–Crippen MR) is 167 cm³/mol. The van der Waals surface area contributed by atoms with Gasteiger partial charge in [-0.05, 0) is 37.6 Å². The van der Waals surface area contributed by atoms with Gasteiger partial charge in [-0.15, -0.1) is 0 Å². The molecule has 1 heterocycles. The predicted octanol–water partition coefficient (Wildman–Crippen LogP) is 10.3. The van der Waals surface area contributed by atoms with Crippen LogP contribution in [-0.4, -0.2) is 6.61 Å². The fourth-order valence-electron chi connectivity index (χ4n) is 4.75. The molecule has 1 unspecified atom stereocenters. The van der Waals surface area contributed by atoms with Gasteiger partial charge < -0.3 is 4.74 Å². The number of rotatable bonds is 23. The first-order valence-corrected chi connectivity index (χ1v) is 17.4. The van der Waals surface area contributed by atoms with Crippen LogP contribution in [0.4, 0.5) is 0 Å². The Morgan fingerprint density at radius 1 is 0.805 bits per heavy atom. The second kappa shape index (κ2) is 20.4. The van der Waals surface area contributed by atoms with Crippen molar-refractivity contribution in [2.24, 2.45) is 0 Å². The number of aromatic nitrogens is 1. The van der Waals surface area contributed by atoms with Crippen LogP contribution in [0.5, 0.6) is 17.2 Å². The molecule has 224 valence electrons. The van der Waals surface area contributed by atoms with Crippen LogP contribution in [0.3, 0.4) is 0 Å². The number of unbranched alkanes of at least 4 members (excludes halogenated alkanes) is 13. The molecular weight excluding hydrogens is 553 g/mol. The van der Waals surface area contributed by atoms with Crippen LogP contribution in [0.15, 0.2) is 59.6 Å². The molecule has 6 nitrogen and oxygen atoms in total. The summed E-state index contributed by atoms with van der Waals surface area (Å²) in [7, 11) is -2.51. The molecule has 0 fully saturated rings. The van der Waals surface area contributed by atoms with Crippen LogP contribution in [-0.2, 0) is 15.8 Å². The molecule has 0 saturated carbocycles. The van der Waals surface area contributed by atoms with Gasteiger partial charge in [0.05, 0.1) is 12.0 Å². The Morgan fingerprint density at radius 2 is 1.44 bits per heavy atom. The monoisotopic (exact) mass is 601 g/mol. The second-order valence-corrected chi connectivity index (χ2v) is 12.2. The molecule has 8 heteroatoms. The van der Waals surface area contributed by atoms with Crippen molar-refractivity contribution in [1.29, 1.82) is 0 Å². The van der Waals surface area contributed by atoms with E-state index in [0.29, 0.717) is 24.7 Å². The largest absolute Gasteiger partial charge is 0.791 e. The van der Waals surface area contributed by atoms with Crippen molar-refractivity contribution in [3.05, 3.63) is 70.7 Å². The third-order valence-electron chi connectivity index (χ3n) is 7.15. The summed E-state index contributed by atoms with van der Waals surface area (Å²) in [6, 6.07) is 13.0. The van der Waals surface area contributed by atoms with Crippen molar-refractivity contribution >= 4 is 19.6 Å². The molecule has 0 amide bonds. The van der Waals surface area contributed by atoms with E-state index in [4.69, 9.17) is 18.8 Å². The minimum Gasteiger partial charge on any atom is -0.493 e. The fraction of sp³-hybridized carbons (Fsp3) is 0.545. The van der Waals surface area contributed by atoms with Crippen LogP contribution in [0.25, 0.3) is 0 Å². The average Bonchev–Trinajstić information content (AvgIpc) is 3.48. The van der Waals surface area contributed by atoms with Gasteiger partial charge in [0, 0.05) is 15.7 Å². The minimum atomic E-state index is -2.51. The maximum atomic E-state index is 12.4. The van der Waals surface area contributed by atoms with Gasteiger partial charge in [-0.1, -0.05) is 120 Å². The van der Waals surface area contributed by atoms with Gasteiger partial charge in [0.15, 0.2) is 24.2 Å². The molecule has 0 aliphatic heterocycles. The van der Waals surface area contributed by atoms with Crippen molar-refractivity contribution in [3.63, 3.8) is 0 Å². The zero-order valence-corrected chi connectivity index (χ0v) is 26.6. The summed E-state index contributed by atoms with van der Waals surface area (Å²) in [5.41, 5.74) is 3.87. The van der Waals surface area contributed by atoms with E-state index in [1.807, 2.05) is 54.3 Å². The highest BCUT2D eigenvalue weighted by Gasteiger charge is 2.26. The first-order valence-electron chi connectivity index (χ1n) is 15.4. The standard InChI is InChI=1S/C33H48NO5PS/c1-3-4-5-6-7-8-9-10-11-12-13-14-15-16-24-36-32-21-18-22-33(29(32)2)37-39-40(35)38-31-20-17-19-30(26-31)27-34-23-25-41-28-34/h17-23,25-26,28H,3-16,24,27H2,1-2H3/q+2. The summed E-state index contributed by atoms with van der Waals surface area (Å²) in [6.45, 7) is 5.55. The lowest BCUT2D eigenvalue weighted by Gasteiger charge is -2.10. The topological polar surface area (TPSA) is 57.9 Å². The Balaban J connectivity index is 1.25. The lowest BCUT2D eigenvalue weighted by Crippen LogP contribution is -2.30. The lowest BCUT2D eigenvalue weighted by molar-refractivity contribution is -0.683. The van der Waals surface area contributed by atoms with E-state index in [1.165, 1.54) is 83.5 Å². The molecule has 3 rings (SSSR count). The average molecular weight is 602 g/mol. The van der Waals surface area contributed by atoms with E-state index < -0.39 is 8.25 Å². The van der Waals surface area contributed by atoms with Crippen molar-refractivity contribution in [2.45, 2.75) is 110 Å². The van der Waals surface area contributed by atoms with Gasteiger partial charge in [0.25, 0.3) is 0 Å². The zero-order chi connectivity index (χ0) is 29.0. The quantitative estimate of drug-likeness (QED) is 0.0356. The van der Waals surface area contributed by atoms with Crippen molar-refractivity contribution in [1.82, 2.24) is 0 Å². The third kappa shape index (κ3) is 13.8. The number of benzene rings is 2. The molecule has 0 aliphatic rings. The van der Waals surface area contributed by atoms with Crippen LogP contribution in [0.2, 0.25) is 0 Å². The molecule has 3 aromatic rings. The lowest BCUT2D eigenvalue weighted by atomic mass is 10.0.